The van der Waals surface area contributed by atoms with Crippen molar-refractivity contribution in [2.75, 3.05) is 37.1 Å². The third-order valence-corrected chi connectivity index (χ3v) is 13.0. The Hall–Kier alpha value is -4.39. The van der Waals surface area contributed by atoms with Gasteiger partial charge in [-0.1, -0.05) is 33.3 Å². The van der Waals surface area contributed by atoms with Gasteiger partial charge in [-0.15, -0.1) is 0 Å². The highest BCUT2D eigenvalue weighted by atomic mass is 16.8. The van der Waals surface area contributed by atoms with E-state index in [4.69, 9.17) is 29.7 Å². The first-order valence-electron chi connectivity index (χ1n) is 20.9. The van der Waals surface area contributed by atoms with Gasteiger partial charge in [0.15, 0.2) is 5.79 Å². The summed E-state index contributed by atoms with van der Waals surface area (Å²) in [6.07, 6.45) is 12.1. The highest BCUT2D eigenvalue weighted by Crippen LogP contribution is 2.50. The molecule has 4 fully saturated rings. The van der Waals surface area contributed by atoms with Crippen LogP contribution >= 0.6 is 0 Å². The summed E-state index contributed by atoms with van der Waals surface area (Å²) in [5.74, 6) is 2.54. The molecule has 12 nitrogen and oxygen atoms in total. The van der Waals surface area contributed by atoms with E-state index >= 15 is 0 Å². The molecule has 1 saturated heterocycles. The normalized spacial score (nSPS) is 25.5. The van der Waals surface area contributed by atoms with E-state index < -0.39 is 5.79 Å². The Morgan fingerprint density at radius 3 is 2.49 bits per heavy atom. The summed E-state index contributed by atoms with van der Waals surface area (Å²) < 4.78 is 26.7. The second-order valence-corrected chi connectivity index (χ2v) is 18.3. The summed E-state index contributed by atoms with van der Waals surface area (Å²) in [4.78, 5) is 25.2. The van der Waals surface area contributed by atoms with Gasteiger partial charge in [0.05, 0.1) is 43.1 Å². The van der Waals surface area contributed by atoms with Crippen molar-refractivity contribution in [3.63, 3.8) is 0 Å². The fourth-order valence-electron chi connectivity index (χ4n) is 9.55. The zero-order valence-corrected chi connectivity index (χ0v) is 34.7. The average Bonchev–Trinajstić information content (AvgIpc) is 3.80. The molecule has 0 bridgehead atoms. The molecule has 12 heteroatoms. The van der Waals surface area contributed by atoms with E-state index in [0.717, 1.165) is 71.7 Å². The largest absolute Gasteiger partial charge is 0.497 e. The fraction of sp³-hybridized carbons (Fsp3) is 0.578. The minimum absolute atomic E-state index is 0.00327. The van der Waals surface area contributed by atoms with E-state index in [2.05, 4.69) is 64.2 Å². The van der Waals surface area contributed by atoms with Crippen molar-refractivity contribution in [1.82, 2.24) is 19.4 Å². The molecule has 306 valence electrons. The first-order chi connectivity index (χ1) is 27.3. The van der Waals surface area contributed by atoms with Crippen molar-refractivity contribution < 1.29 is 23.7 Å². The van der Waals surface area contributed by atoms with E-state index in [1.807, 2.05) is 44.2 Å². The van der Waals surface area contributed by atoms with E-state index in [1.165, 1.54) is 19.3 Å². The molecule has 4 atom stereocenters. The summed E-state index contributed by atoms with van der Waals surface area (Å²) in [6.45, 7) is 12.1. The van der Waals surface area contributed by atoms with Gasteiger partial charge in [0.1, 0.15) is 35.4 Å². The predicted molar refractivity (Wildman–Crippen MR) is 224 cm³/mol. The summed E-state index contributed by atoms with van der Waals surface area (Å²) in [6, 6.07) is 15.2. The topological polar surface area (TPSA) is 138 Å². The van der Waals surface area contributed by atoms with Gasteiger partial charge in [-0.2, -0.15) is 0 Å². The van der Waals surface area contributed by atoms with E-state index in [9.17, 15) is 4.79 Å². The monoisotopic (exact) mass is 779 g/mol. The Balaban J connectivity index is 0.916. The number of rotatable bonds is 14. The number of ether oxygens (including phenoxy) is 4. The van der Waals surface area contributed by atoms with Crippen LogP contribution in [-0.2, 0) is 26.2 Å². The van der Waals surface area contributed by atoms with Crippen LogP contribution in [0.3, 0.4) is 0 Å². The number of nitrogens with zero attached hydrogens (tertiary/aromatic N) is 4. The lowest BCUT2D eigenvalue weighted by atomic mass is 9.74. The first kappa shape index (κ1) is 39.4. The molecule has 0 spiro atoms. The van der Waals surface area contributed by atoms with Gasteiger partial charge in [-0.3, -0.25) is 9.69 Å². The Bertz CT molecular complexity index is 2070. The maximum absolute atomic E-state index is 13.0. The van der Waals surface area contributed by atoms with Crippen LogP contribution in [0.4, 0.5) is 17.2 Å². The minimum atomic E-state index is -0.656. The van der Waals surface area contributed by atoms with Crippen LogP contribution in [0.1, 0.15) is 103 Å². The number of nitrogens with two attached hydrogens (primary N) is 1. The number of methoxy groups -OCH3 is 2. The molecule has 4 aromatic rings. The lowest BCUT2D eigenvalue weighted by Crippen LogP contribution is -2.54. The average molecular weight is 780 g/mol. The van der Waals surface area contributed by atoms with Gasteiger partial charge in [-0.05, 0) is 99.6 Å². The number of nitrogen functional groups attached to an aromatic ring is 1. The van der Waals surface area contributed by atoms with Crippen molar-refractivity contribution in [3.05, 3.63) is 66.1 Å². The number of carbonyl (C=O) groups excluding carboxylic acids is 1. The molecule has 8 rings (SSSR count). The van der Waals surface area contributed by atoms with Crippen LogP contribution in [0.15, 0.2) is 55.0 Å². The lowest BCUT2D eigenvalue weighted by molar-refractivity contribution is -0.162. The number of hydrogen-bond donors (Lipinski definition) is 3. The minimum Gasteiger partial charge on any atom is -0.497 e. The van der Waals surface area contributed by atoms with Crippen molar-refractivity contribution in [2.24, 2.45) is 11.8 Å². The van der Waals surface area contributed by atoms with Gasteiger partial charge < -0.3 is 39.9 Å². The molecule has 1 aliphatic heterocycles. The highest BCUT2D eigenvalue weighted by molar-refractivity contribution is 5.94. The number of anilines is 3. The van der Waals surface area contributed by atoms with Gasteiger partial charge in [-0.25, -0.2) is 9.97 Å². The Kier molecular flexibility index (Phi) is 10.9. The third-order valence-electron chi connectivity index (χ3n) is 13.0. The van der Waals surface area contributed by atoms with Crippen LogP contribution in [0.25, 0.3) is 11.0 Å². The van der Waals surface area contributed by atoms with E-state index in [-0.39, 0.29) is 29.6 Å². The number of carbonyl (C=O) groups is 1. The Labute approximate surface area is 337 Å². The third kappa shape index (κ3) is 8.18. The Morgan fingerprint density at radius 1 is 1.00 bits per heavy atom. The van der Waals surface area contributed by atoms with Crippen LogP contribution in [0, 0.1) is 11.8 Å². The van der Waals surface area contributed by atoms with Crippen molar-refractivity contribution >= 4 is 34.1 Å². The van der Waals surface area contributed by atoms with Crippen molar-refractivity contribution in [1.29, 1.82) is 0 Å². The molecule has 4 N–H and O–H groups in total. The van der Waals surface area contributed by atoms with Crippen molar-refractivity contribution in [2.45, 2.75) is 134 Å². The lowest BCUT2D eigenvalue weighted by Gasteiger charge is -2.50. The molecule has 0 radical (unpaired) electrons. The fourth-order valence-corrected chi connectivity index (χ4v) is 9.55. The van der Waals surface area contributed by atoms with Crippen LogP contribution in [0.5, 0.6) is 11.5 Å². The number of benzene rings is 2. The smallest absolute Gasteiger partial charge is 0.224 e. The number of fused-ring (bicyclic) bond motifs is 2. The number of nitrogens with one attached hydrogen (secondary N) is 2. The predicted octanol–water partition coefficient (Wildman–Crippen LogP) is 8.07. The van der Waals surface area contributed by atoms with Crippen molar-refractivity contribution in [3.8, 4) is 11.5 Å². The zero-order valence-electron chi connectivity index (χ0n) is 34.7. The number of amides is 1. The maximum atomic E-state index is 13.0. The highest BCUT2D eigenvalue weighted by Gasteiger charge is 2.56. The quantitative estimate of drug-likeness (QED) is 0.108. The van der Waals surface area contributed by atoms with Gasteiger partial charge in [0.25, 0.3) is 0 Å². The second kappa shape index (κ2) is 15.8. The first-order valence-corrected chi connectivity index (χ1v) is 20.9. The standard InChI is InChI=1S/C45H61N7O5/c1-44(2,3)30-13-15-36(35(46)22-30)50-39(53)16-11-27-19-32(20-27)52(31-9-8-10-31)25-29-21-37(41-40(29)56-45(4,5)57-41)51-18-17-34-42(48-26-49-43(34)51)47-24-28-12-14-33(54-6)23-38(28)55-7/h12-15,17-18,22-23,26-27,29,31-32,37,40-41H,8-11,16,19-21,24-25,46H2,1-7H3,(H,50,53)(H,47,48,49)/t27?,29-,32?,37-,40-,41+/m1/s1. The molecular formula is C45H61N7O5. The molecule has 3 aliphatic carbocycles. The maximum Gasteiger partial charge on any atom is 0.224 e. The molecule has 3 saturated carbocycles. The molecule has 1 amide bonds. The van der Waals surface area contributed by atoms with E-state index in [0.29, 0.717) is 48.3 Å². The van der Waals surface area contributed by atoms with E-state index in [1.54, 1.807) is 20.5 Å². The zero-order chi connectivity index (χ0) is 40.1. The number of aromatic nitrogens is 3. The summed E-state index contributed by atoms with van der Waals surface area (Å²) >= 11 is 0. The van der Waals surface area contributed by atoms with Crippen LogP contribution < -0.4 is 25.8 Å². The second-order valence-electron chi connectivity index (χ2n) is 18.3. The SMILES string of the molecule is COc1ccc(CNc2ncnc3c2ccn3[C@@H]2C[C@H](CN(C3CCC3)C3CC(CCC(=O)Nc4ccc(C(C)(C)C)cc4N)C3)[C@H]3OC(C)(C)O[C@H]32)c(OC)c1. The number of hydrogen-bond acceptors (Lipinski definition) is 10. The Morgan fingerprint density at radius 2 is 1.79 bits per heavy atom. The van der Waals surface area contributed by atoms with Gasteiger partial charge in [0.2, 0.25) is 5.91 Å². The molecule has 2 aromatic carbocycles. The van der Waals surface area contributed by atoms with Gasteiger partial charge in [0, 0.05) is 55.3 Å². The summed E-state index contributed by atoms with van der Waals surface area (Å²) in [7, 11) is 3.32. The molecular weight excluding hydrogens is 719 g/mol. The van der Waals surface area contributed by atoms with Crippen LogP contribution in [0.2, 0.25) is 0 Å². The molecule has 0 unspecified atom stereocenters. The summed E-state index contributed by atoms with van der Waals surface area (Å²) in [5, 5.41) is 7.56. The molecule has 3 heterocycles. The molecule has 57 heavy (non-hydrogen) atoms. The van der Waals surface area contributed by atoms with Crippen LogP contribution in [-0.4, -0.2) is 76.2 Å². The van der Waals surface area contributed by atoms with Gasteiger partial charge >= 0.3 is 0 Å². The summed E-state index contributed by atoms with van der Waals surface area (Å²) in [5.41, 5.74) is 10.7. The molecule has 2 aromatic heterocycles. The molecule has 4 aliphatic rings.